The molecular weight excluding hydrogens is 306 g/mol. The van der Waals surface area contributed by atoms with Crippen molar-refractivity contribution in [2.24, 2.45) is 5.92 Å². The molecule has 2 aliphatic rings. The molecule has 0 aromatic heterocycles. The fourth-order valence-electron chi connectivity index (χ4n) is 3.07. The second-order valence-electron chi connectivity index (χ2n) is 5.72. The fraction of sp³-hybridized carbons (Fsp3) is 0.600. The molecule has 0 aliphatic carbocycles. The molecule has 3 nitrogen and oxygen atoms in total. The van der Waals surface area contributed by atoms with Gasteiger partial charge >= 0.3 is 0 Å². The van der Waals surface area contributed by atoms with Crippen LogP contribution >= 0.6 is 15.9 Å². The Hall–Kier alpha value is -0.580. The van der Waals surface area contributed by atoms with Gasteiger partial charge in [-0.15, -0.1) is 0 Å². The number of hydrogen-bond donors (Lipinski definition) is 1. The molecule has 3 rings (SSSR count). The van der Waals surface area contributed by atoms with E-state index in [-0.39, 0.29) is 6.10 Å². The molecule has 2 unspecified atom stereocenters. The molecule has 1 aromatic carbocycles. The van der Waals surface area contributed by atoms with Gasteiger partial charge in [-0.2, -0.15) is 0 Å². The molecule has 2 atom stereocenters. The SMILES string of the molecule is CC1CN(Cc2cc(Br)cc3c2OCC3)CCC1O. The van der Waals surface area contributed by atoms with Gasteiger partial charge in [0.25, 0.3) is 0 Å². The summed E-state index contributed by atoms with van der Waals surface area (Å²) in [6, 6.07) is 4.33. The average Bonchev–Trinajstić information content (AvgIpc) is 2.82. The number of rotatable bonds is 2. The Bertz CT molecular complexity index is 477. The normalized spacial score (nSPS) is 27.1. The standard InChI is InChI=1S/C15H20BrNO2/c1-10-8-17(4-2-14(10)18)9-12-7-13(16)6-11-3-5-19-15(11)12/h6-7,10,14,18H,2-5,8-9H2,1H3. The highest BCUT2D eigenvalue weighted by Crippen LogP contribution is 2.34. The highest BCUT2D eigenvalue weighted by Gasteiger charge is 2.26. The highest BCUT2D eigenvalue weighted by atomic mass is 79.9. The Morgan fingerprint density at radius 2 is 2.32 bits per heavy atom. The van der Waals surface area contributed by atoms with Gasteiger partial charge in [0, 0.05) is 36.1 Å². The average molecular weight is 326 g/mol. The van der Waals surface area contributed by atoms with Crippen LogP contribution in [0.25, 0.3) is 0 Å². The molecule has 0 amide bonds. The number of fused-ring (bicyclic) bond motifs is 1. The van der Waals surface area contributed by atoms with E-state index in [9.17, 15) is 5.11 Å². The number of benzene rings is 1. The van der Waals surface area contributed by atoms with E-state index < -0.39 is 0 Å². The lowest BCUT2D eigenvalue weighted by Gasteiger charge is -2.34. The van der Waals surface area contributed by atoms with E-state index in [2.05, 4.69) is 39.9 Å². The van der Waals surface area contributed by atoms with Crippen LogP contribution in [-0.2, 0) is 13.0 Å². The molecule has 1 aromatic rings. The predicted molar refractivity (Wildman–Crippen MR) is 78.4 cm³/mol. The van der Waals surface area contributed by atoms with Crippen LogP contribution in [0.5, 0.6) is 5.75 Å². The van der Waals surface area contributed by atoms with Crippen molar-refractivity contribution >= 4 is 15.9 Å². The first-order valence-corrected chi connectivity index (χ1v) is 7.77. The lowest BCUT2D eigenvalue weighted by molar-refractivity contribution is 0.0318. The summed E-state index contributed by atoms with van der Waals surface area (Å²) >= 11 is 3.59. The number of halogens is 1. The minimum absolute atomic E-state index is 0.138. The first-order valence-electron chi connectivity index (χ1n) is 6.98. The zero-order chi connectivity index (χ0) is 13.4. The minimum Gasteiger partial charge on any atom is -0.493 e. The van der Waals surface area contributed by atoms with Gasteiger partial charge < -0.3 is 9.84 Å². The molecule has 19 heavy (non-hydrogen) atoms. The van der Waals surface area contributed by atoms with E-state index in [4.69, 9.17) is 4.74 Å². The van der Waals surface area contributed by atoms with E-state index >= 15 is 0 Å². The smallest absolute Gasteiger partial charge is 0.127 e. The Kier molecular flexibility index (Phi) is 3.83. The van der Waals surface area contributed by atoms with E-state index in [1.807, 2.05) is 0 Å². The second-order valence-corrected chi connectivity index (χ2v) is 6.64. The summed E-state index contributed by atoms with van der Waals surface area (Å²) in [5.74, 6) is 1.44. The topological polar surface area (TPSA) is 32.7 Å². The number of aliphatic hydroxyl groups excluding tert-OH is 1. The van der Waals surface area contributed by atoms with Crippen LogP contribution in [0.15, 0.2) is 16.6 Å². The van der Waals surface area contributed by atoms with E-state index in [0.29, 0.717) is 5.92 Å². The largest absolute Gasteiger partial charge is 0.493 e. The summed E-state index contributed by atoms with van der Waals surface area (Å²) in [5.41, 5.74) is 2.58. The van der Waals surface area contributed by atoms with Crippen LogP contribution < -0.4 is 4.74 Å². The van der Waals surface area contributed by atoms with Crippen molar-refractivity contribution in [1.82, 2.24) is 4.90 Å². The van der Waals surface area contributed by atoms with Crippen LogP contribution in [0.4, 0.5) is 0 Å². The summed E-state index contributed by atoms with van der Waals surface area (Å²) in [5, 5.41) is 9.80. The second kappa shape index (κ2) is 5.43. The van der Waals surface area contributed by atoms with Crippen molar-refractivity contribution in [1.29, 1.82) is 0 Å². The van der Waals surface area contributed by atoms with Gasteiger partial charge in [-0.05, 0) is 30.0 Å². The van der Waals surface area contributed by atoms with Gasteiger partial charge in [0.15, 0.2) is 0 Å². The van der Waals surface area contributed by atoms with Gasteiger partial charge in [-0.1, -0.05) is 22.9 Å². The van der Waals surface area contributed by atoms with Gasteiger partial charge in [0.05, 0.1) is 12.7 Å². The van der Waals surface area contributed by atoms with Crippen LogP contribution in [0.2, 0.25) is 0 Å². The molecule has 104 valence electrons. The molecule has 0 saturated carbocycles. The molecular formula is C15H20BrNO2. The van der Waals surface area contributed by atoms with Gasteiger partial charge in [-0.25, -0.2) is 0 Å². The lowest BCUT2D eigenvalue weighted by atomic mass is 9.96. The van der Waals surface area contributed by atoms with Crippen molar-refractivity contribution in [3.05, 3.63) is 27.7 Å². The number of likely N-dealkylation sites (tertiary alicyclic amines) is 1. The summed E-state index contributed by atoms with van der Waals surface area (Å²) in [7, 11) is 0. The van der Waals surface area contributed by atoms with Gasteiger partial charge in [0.2, 0.25) is 0 Å². The third kappa shape index (κ3) is 2.81. The Balaban J connectivity index is 1.77. The van der Waals surface area contributed by atoms with Crippen molar-refractivity contribution in [3.63, 3.8) is 0 Å². The van der Waals surface area contributed by atoms with Crippen LogP contribution in [0.3, 0.4) is 0 Å². The number of aliphatic hydroxyl groups is 1. The maximum absolute atomic E-state index is 9.80. The van der Waals surface area contributed by atoms with E-state index in [1.54, 1.807) is 0 Å². The quantitative estimate of drug-likeness (QED) is 0.907. The molecule has 4 heteroatoms. The molecule has 1 fully saturated rings. The summed E-state index contributed by atoms with van der Waals surface area (Å²) < 4.78 is 6.91. The van der Waals surface area contributed by atoms with Gasteiger partial charge in [-0.3, -0.25) is 4.90 Å². The van der Waals surface area contributed by atoms with Gasteiger partial charge in [0.1, 0.15) is 5.75 Å². The predicted octanol–water partition coefficient (Wildman–Crippen LogP) is 2.59. The number of ether oxygens (including phenoxy) is 1. The number of hydrogen-bond acceptors (Lipinski definition) is 3. The first-order chi connectivity index (χ1) is 9.13. The molecule has 0 spiro atoms. The fourth-order valence-corrected chi connectivity index (χ4v) is 3.62. The Morgan fingerprint density at radius 1 is 1.47 bits per heavy atom. The van der Waals surface area contributed by atoms with Crippen molar-refractivity contribution in [2.45, 2.75) is 32.4 Å². The highest BCUT2D eigenvalue weighted by molar-refractivity contribution is 9.10. The lowest BCUT2D eigenvalue weighted by Crippen LogP contribution is -2.41. The maximum Gasteiger partial charge on any atom is 0.127 e. The van der Waals surface area contributed by atoms with Crippen molar-refractivity contribution in [3.8, 4) is 5.75 Å². The monoisotopic (exact) mass is 325 g/mol. The van der Waals surface area contributed by atoms with Crippen molar-refractivity contribution < 1.29 is 9.84 Å². The first kappa shape index (κ1) is 13.4. The maximum atomic E-state index is 9.80. The summed E-state index contributed by atoms with van der Waals surface area (Å²) in [4.78, 5) is 2.42. The van der Waals surface area contributed by atoms with Crippen LogP contribution in [-0.4, -0.2) is 35.8 Å². The number of piperidine rings is 1. The van der Waals surface area contributed by atoms with Crippen molar-refractivity contribution in [2.75, 3.05) is 19.7 Å². The third-order valence-electron chi connectivity index (χ3n) is 4.16. The molecule has 2 aliphatic heterocycles. The molecule has 2 heterocycles. The van der Waals surface area contributed by atoms with E-state index in [0.717, 1.165) is 49.3 Å². The zero-order valence-corrected chi connectivity index (χ0v) is 12.8. The molecule has 1 saturated heterocycles. The van der Waals surface area contributed by atoms with E-state index in [1.165, 1.54) is 11.1 Å². The zero-order valence-electron chi connectivity index (χ0n) is 11.2. The summed E-state index contributed by atoms with van der Waals surface area (Å²) in [6.07, 6.45) is 1.75. The Labute approximate surface area is 122 Å². The minimum atomic E-state index is -0.138. The van der Waals surface area contributed by atoms with Crippen LogP contribution in [0.1, 0.15) is 24.5 Å². The molecule has 0 bridgehead atoms. The molecule has 0 radical (unpaired) electrons. The third-order valence-corrected chi connectivity index (χ3v) is 4.62. The molecule has 1 N–H and O–H groups in total. The van der Waals surface area contributed by atoms with Crippen LogP contribution in [0, 0.1) is 5.92 Å². The Morgan fingerprint density at radius 3 is 3.11 bits per heavy atom. The summed E-state index contributed by atoms with van der Waals surface area (Å²) in [6.45, 7) is 5.76. The number of nitrogens with zero attached hydrogens (tertiary/aromatic N) is 1.